The molecule has 3 unspecified atom stereocenters. The van der Waals surface area contributed by atoms with Crippen molar-refractivity contribution in [1.29, 1.82) is 0 Å². The lowest BCUT2D eigenvalue weighted by atomic mass is 9.36. The number of benzene rings is 1. The Hall–Kier alpha value is -1.26. The molecule has 4 heteroatoms. The van der Waals surface area contributed by atoms with Crippen LogP contribution in [0.15, 0.2) is 18.2 Å². The summed E-state index contributed by atoms with van der Waals surface area (Å²) < 4.78 is 19.1. The van der Waals surface area contributed by atoms with Gasteiger partial charge in [0.15, 0.2) is 6.29 Å². The molecule has 0 radical (unpaired) electrons. The van der Waals surface area contributed by atoms with Crippen molar-refractivity contribution in [3.63, 3.8) is 0 Å². The number of fused-ring (bicyclic) bond motifs is 4. The van der Waals surface area contributed by atoms with Crippen LogP contribution in [0.4, 0.5) is 0 Å². The molecule has 170 valence electrons. The lowest BCUT2D eigenvalue weighted by Gasteiger charge is -2.71. The van der Waals surface area contributed by atoms with Gasteiger partial charge in [-0.15, -0.1) is 0 Å². The summed E-state index contributed by atoms with van der Waals surface area (Å²) in [6, 6.07) is 5.65. The van der Waals surface area contributed by atoms with Gasteiger partial charge in [0.2, 0.25) is 0 Å². The zero-order valence-electron chi connectivity index (χ0n) is 19.6. The maximum Gasteiger partial charge on any atom is 0.162 e. The number of ether oxygens (including phenoxy) is 3. The first-order valence-electron chi connectivity index (χ1n) is 12.4. The Morgan fingerprint density at radius 1 is 0.968 bits per heavy atom. The van der Waals surface area contributed by atoms with Gasteiger partial charge in [0.1, 0.15) is 17.1 Å². The molecular formula is C27H38O4. The van der Waals surface area contributed by atoms with E-state index in [0.717, 1.165) is 25.2 Å². The molecule has 0 spiro atoms. The van der Waals surface area contributed by atoms with Crippen LogP contribution in [0, 0.1) is 34.0 Å². The van der Waals surface area contributed by atoms with Crippen LogP contribution in [0.3, 0.4) is 0 Å². The van der Waals surface area contributed by atoms with Gasteiger partial charge in [0.05, 0.1) is 6.61 Å². The highest BCUT2D eigenvalue weighted by atomic mass is 16.7. The summed E-state index contributed by atoms with van der Waals surface area (Å²) in [7, 11) is 1.82. The first kappa shape index (κ1) is 20.4. The van der Waals surface area contributed by atoms with Gasteiger partial charge in [-0.05, 0) is 92.9 Å². The third-order valence-corrected chi connectivity index (χ3v) is 10.8. The molecule has 4 nitrogen and oxygen atoms in total. The van der Waals surface area contributed by atoms with E-state index in [1.54, 1.807) is 6.07 Å². The van der Waals surface area contributed by atoms with E-state index in [0.29, 0.717) is 23.5 Å². The van der Waals surface area contributed by atoms with E-state index in [9.17, 15) is 5.11 Å². The van der Waals surface area contributed by atoms with Crippen LogP contribution in [0.5, 0.6) is 11.5 Å². The van der Waals surface area contributed by atoms with Crippen molar-refractivity contribution in [2.75, 3.05) is 13.7 Å². The van der Waals surface area contributed by atoms with E-state index in [4.69, 9.17) is 14.2 Å². The topological polar surface area (TPSA) is 47.9 Å². The van der Waals surface area contributed by atoms with Crippen LogP contribution in [0.25, 0.3) is 0 Å². The summed E-state index contributed by atoms with van der Waals surface area (Å²) in [6.45, 7) is 8.21. The molecule has 1 aromatic carbocycles. The first-order valence-corrected chi connectivity index (χ1v) is 12.4. The predicted octanol–water partition coefficient (Wildman–Crippen LogP) is 5.71. The largest absolute Gasteiger partial charge is 0.508 e. The van der Waals surface area contributed by atoms with E-state index in [-0.39, 0.29) is 28.1 Å². The molecule has 1 aromatic rings. The second-order valence-electron chi connectivity index (χ2n) is 12.1. The second-order valence-corrected chi connectivity index (χ2v) is 12.1. The van der Waals surface area contributed by atoms with Crippen molar-refractivity contribution < 1.29 is 19.3 Å². The van der Waals surface area contributed by atoms with Gasteiger partial charge in [-0.1, -0.05) is 20.3 Å². The summed E-state index contributed by atoms with van der Waals surface area (Å²) in [5.41, 5.74) is 1.69. The third kappa shape index (κ3) is 2.50. The van der Waals surface area contributed by atoms with Crippen LogP contribution in [0.2, 0.25) is 0 Å². The highest BCUT2D eigenvalue weighted by Crippen LogP contribution is 2.73. The smallest absolute Gasteiger partial charge is 0.162 e. The van der Waals surface area contributed by atoms with Crippen molar-refractivity contribution in [3.8, 4) is 11.5 Å². The normalized spacial score (nSPS) is 50.3. The highest BCUT2D eigenvalue weighted by molar-refractivity contribution is 5.43. The van der Waals surface area contributed by atoms with Crippen LogP contribution < -0.4 is 4.74 Å². The molecular weight excluding hydrogens is 388 g/mol. The van der Waals surface area contributed by atoms with E-state index >= 15 is 0 Å². The Morgan fingerprint density at radius 3 is 2.55 bits per heavy atom. The fourth-order valence-electron chi connectivity index (χ4n) is 9.64. The average Bonchev–Trinajstić information content (AvgIpc) is 2.72. The minimum absolute atomic E-state index is 0.0583. The predicted molar refractivity (Wildman–Crippen MR) is 119 cm³/mol. The minimum atomic E-state index is -0.124. The van der Waals surface area contributed by atoms with Crippen molar-refractivity contribution in [2.45, 2.75) is 84.0 Å². The molecule has 8 atom stereocenters. The van der Waals surface area contributed by atoms with Crippen molar-refractivity contribution in [1.82, 2.24) is 0 Å². The maximum atomic E-state index is 10.1. The molecule has 5 aliphatic rings. The molecule has 1 saturated heterocycles. The van der Waals surface area contributed by atoms with E-state index in [2.05, 4.69) is 20.8 Å². The SMILES string of the molecule is CO[C@H]1OC[C@]23CCC[C@@]1(C)C2CC[C@]1(C)C3CC[C@]2(C)Oc3ccc(O)cc3CC12. The van der Waals surface area contributed by atoms with Gasteiger partial charge in [-0.3, -0.25) is 0 Å². The highest BCUT2D eigenvalue weighted by Gasteiger charge is 2.70. The van der Waals surface area contributed by atoms with Gasteiger partial charge >= 0.3 is 0 Å². The number of hydrogen-bond donors (Lipinski definition) is 1. The third-order valence-electron chi connectivity index (χ3n) is 10.8. The van der Waals surface area contributed by atoms with Crippen LogP contribution >= 0.6 is 0 Å². The number of phenolic OH excluding ortho intramolecular Hbond substituents is 1. The number of aromatic hydroxyl groups is 1. The Balaban J connectivity index is 1.41. The maximum absolute atomic E-state index is 10.1. The summed E-state index contributed by atoms with van der Waals surface area (Å²) in [5, 5.41) is 10.1. The molecule has 2 heterocycles. The molecule has 1 N–H and O–H groups in total. The Bertz CT molecular complexity index is 899. The number of rotatable bonds is 1. The summed E-state index contributed by atoms with van der Waals surface area (Å²) >= 11 is 0. The number of methoxy groups -OCH3 is 1. The Morgan fingerprint density at radius 2 is 1.74 bits per heavy atom. The molecule has 2 bridgehead atoms. The number of phenols is 1. The van der Waals surface area contributed by atoms with E-state index in [1.165, 1.54) is 44.1 Å². The summed E-state index contributed by atoms with van der Waals surface area (Å²) in [4.78, 5) is 0. The van der Waals surface area contributed by atoms with Crippen molar-refractivity contribution in [2.24, 2.45) is 34.0 Å². The first-order chi connectivity index (χ1) is 14.8. The molecule has 4 fully saturated rings. The minimum Gasteiger partial charge on any atom is -0.508 e. The molecule has 2 aliphatic heterocycles. The van der Waals surface area contributed by atoms with Crippen LogP contribution in [0.1, 0.15) is 71.3 Å². The van der Waals surface area contributed by atoms with Gasteiger partial charge < -0.3 is 19.3 Å². The van der Waals surface area contributed by atoms with E-state index < -0.39 is 0 Å². The molecule has 6 rings (SSSR count). The molecule has 3 saturated carbocycles. The standard InChI is InChI=1S/C27H38O4/c1-24-12-8-21-25(2)10-5-11-27(21,16-30-23(25)29-4)20(24)9-13-26(3)22(24)15-17-14-18(28)6-7-19(17)31-26/h6-7,14,20-23,28H,5,8-13,15-16H2,1-4H3/t20?,21?,22?,23-,24+,25-,26-,27-/m0/s1. The average molecular weight is 427 g/mol. The Labute approximate surface area is 186 Å². The number of hydrogen-bond acceptors (Lipinski definition) is 4. The lowest BCUT2D eigenvalue weighted by molar-refractivity contribution is -0.332. The fraction of sp³-hybridized carbons (Fsp3) is 0.778. The van der Waals surface area contributed by atoms with Crippen LogP contribution in [-0.4, -0.2) is 30.7 Å². The fourth-order valence-corrected chi connectivity index (χ4v) is 9.64. The van der Waals surface area contributed by atoms with Crippen molar-refractivity contribution >= 4 is 0 Å². The quantitative estimate of drug-likeness (QED) is 0.625. The Kier molecular flexibility index (Phi) is 4.21. The van der Waals surface area contributed by atoms with Gasteiger partial charge in [-0.2, -0.15) is 0 Å². The van der Waals surface area contributed by atoms with Crippen molar-refractivity contribution in [3.05, 3.63) is 23.8 Å². The molecule has 0 aromatic heterocycles. The molecule has 0 amide bonds. The monoisotopic (exact) mass is 426 g/mol. The van der Waals surface area contributed by atoms with Crippen LogP contribution in [-0.2, 0) is 15.9 Å². The van der Waals surface area contributed by atoms with E-state index in [1.807, 2.05) is 19.2 Å². The second kappa shape index (κ2) is 6.41. The lowest BCUT2D eigenvalue weighted by Crippen LogP contribution is -2.70. The molecule has 31 heavy (non-hydrogen) atoms. The summed E-state index contributed by atoms with van der Waals surface area (Å²) in [6.07, 6.45) is 9.62. The van der Waals surface area contributed by atoms with Gasteiger partial charge in [0, 0.05) is 23.9 Å². The summed E-state index contributed by atoms with van der Waals surface area (Å²) in [5.74, 6) is 3.14. The van der Waals surface area contributed by atoms with Gasteiger partial charge in [-0.25, -0.2) is 0 Å². The zero-order valence-corrected chi connectivity index (χ0v) is 19.6. The van der Waals surface area contributed by atoms with Gasteiger partial charge in [0.25, 0.3) is 0 Å². The molecule has 3 aliphatic carbocycles. The zero-order chi connectivity index (χ0) is 21.6.